The van der Waals surface area contributed by atoms with Gasteiger partial charge in [-0.05, 0) is 30.6 Å². The van der Waals surface area contributed by atoms with E-state index in [4.69, 9.17) is 0 Å². The van der Waals surface area contributed by atoms with E-state index in [1.807, 2.05) is 6.92 Å². The van der Waals surface area contributed by atoms with Crippen molar-refractivity contribution in [3.63, 3.8) is 0 Å². The standard InChI is InChI=1S/C13H20O/c1-5-13(4,14)11-9-6-7-10(8-9)12(11,2)3/h5-7,9-11,14H,1,8H2,2-4H3. The molecule has 0 aromatic heterocycles. The Morgan fingerprint density at radius 3 is 2.57 bits per heavy atom. The van der Waals surface area contributed by atoms with E-state index in [9.17, 15) is 5.11 Å². The summed E-state index contributed by atoms with van der Waals surface area (Å²) in [6.07, 6.45) is 7.51. The highest BCUT2D eigenvalue weighted by atomic mass is 16.3. The highest BCUT2D eigenvalue weighted by Gasteiger charge is 2.55. The summed E-state index contributed by atoms with van der Waals surface area (Å²) >= 11 is 0. The first-order valence-corrected chi connectivity index (χ1v) is 5.44. The zero-order valence-corrected chi connectivity index (χ0v) is 9.33. The van der Waals surface area contributed by atoms with Gasteiger partial charge in [-0.3, -0.25) is 0 Å². The molecular formula is C13H20O. The van der Waals surface area contributed by atoms with Crippen LogP contribution < -0.4 is 0 Å². The third-order valence-electron chi connectivity index (χ3n) is 4.34. The Kier molecular flexibility index (Phi) is 1.94. The molecule has 0 aromatic rings. The lowest BCUT2D eigenvalue weighted by Crippen LogP contribution is -2.44. The maximum Gasteiger partial charge on any atom is 0.0836 e. The van der Waals surface area contributed by atoms with Gasteiger partial charge in [-0.25, -0.2) is 0 Å². The SMILES string of the molecule is C=CC(C)(O)C1C2C=CC(C2)C1(C)C. The van der Waals surface area contributed by atoms with Gasteiger partial charge in [-0.1, -0.05) is 32.1 Å². The van der Waals surface area contributed by atoms with Crippen LogP contribution >= 0.6 is 0 Å². The van der Waals surface area contributed by atoms with E-state index in [2.05, 4.69) is 32.6 Å². The van der Waals surface area contributed by atoms with Crippen molar-refractivity contribution in [2.24, 2.45) is 23.2 Å². The van der Waals surface area contributed by atoms with E-state index in [-0.39, 0.29) is 5.41 Å². The second kappa shape index (κ2) is 2.73. The molecule has 4 unspecified atom stereocenters. The average Bonchev–Trinajstić information content (AvgIpc) is 2.60. The average molecular weight is 192 g/mol. The molecule has 1 heteroatoms. The first-order chi connectivity index (χ1) is 6.39. The molecule has 0 radical (unpaired) electrons. The van der Waals surface area contributed by atoms with Gasteiger partial charge in [0.1, 0.15) is 0 Å². The van der Waals surface area contributed by atoms with E-state index in [1.54, 1.807) is 6.08 Å². The molecule has 0 amide bonds. The fraction of sp³-hybridized carbons (Fsp3) is 0.692. The third-order valence-corrected chi connectivity index (χ3v) is 4.34. The van der Waals surface area contributed by atoms with Crippen LogP contribution in [-0.4, -0.2) is 10.7 Å². The van der Waals surface area contributed by atoms with Crippen LogP contribution in [0.15, 0.2) is 24.8 Å². The first-order valence-electron chi connectivity index (χ1n) is 5.44. The largest absolute Gasteiger partial charge is 0.386 e. The lowest BCUT2D eigenvalue weighted by molar-refractivity contribution is -0.0209. The van der Waals surface area contributed by atoms with Crippen molar-refractivity contribution < 1.29 is 5.11 Å². The highest BCUT2D eigenvalue weighted by Crippen LogP contribution is 2.59. The van der Waals surface area contributed by atoms with E-state index < -0.39 is 5.60 Å². The molecule has 1 fully saturated rings. The minimum Gasteiger partial charge on any atom is -0.386 e. The zero-order chi connectivity index (χ0) is 10.6. The van der Waals surface area contributed by atoms with E-state index >= 15 is 0 Å². The number of allylic oxidation sites excluding steroid dienone is 2. The molecule has 2 aliphatic rings. The van der Waals surface area contributed by atoms with Crippen molar-refractivity contribution >= 4 is 0 Å². The third kappa shape index (κ3) is 1.12. The van der Waals surface area contributed by atoms with Crippen molar-refractivity contribution in [1.29, 1.82) is 0 Å². The second-order valence-corrected chi connectivity index (χ2v) is 5.62. The van der Waals surface area contributed by atoms with Gasteiger partial charge in [0.25, 0.3) is 0 Å². The molecule has 0 heterocycles. The summed E-state index contributed by atoms with van der Waals surface area (Å²) in [5.41, 5.74) is -0.523. The van der Waals surface area contributed by atoms with Gasteiger partial charge in [0.2, 0.25) is 0 Å². The molecule has 0 spiro atoms. The minimum absolute atomic E-state index is 0.205. The highest BCUT2D eigenvalue weighted by molar-refractivity contribution is 5.22. The van der Waals surface area contributed by atoms with Crippen molar-refractivity contribution in [1.82, 2.24) is 0 Å². The van der Waals surface area contributed by atoms with E-state index in [1.165, 1.54) is 6.42 Å². The van der Waals surface area contributed by atoms with E-state index in [0.29, 0.717) is 17.8 Å². The maximum absolute atomic E-state index is 10.3. The maximum atomic E-state index is 10.3. The predicted octanol–water partition coefficient (Wildman–Crippen LogP) is 2.77. The smallest absolute Gasteiger partial charge is 0.0836 e. The predicted molar refractivity (Wildman–Crippen MR) is 58.8 cm³/mol. The molecule has 0 aromatic carbocycles. The Bertz CT molecular complexity index is 286. The van der Waals surface area contributed by atoms with Gasteiger partial charge in [-0.15, -0.1) is 6.58 Å². The van der Waals surface area contributed by atoms with Crippen molar-refractivity contribution in [2.45, 2.75) is 32.8 Å². The lowest BCUT2D eigenvalue weighted by atomic mass is 9.64. The number of rotatable bonds is 2. The van der Waals surface area contributed by atoms with Gasteiger partial charge in [0.05, 0.1) is 5.60 Å². The van der Waals surface area contributed by atoms with Gasteiger partial charge in [0, 0.05) is 5.92 Å². The molecule has 4 atom stereocenters. The topological polar surface area (TPSA) is 20.2 Å². The van der Waals surface area contributed by atoms with Crippen LogP contribution in [0, 0.1) is 23.2 Å². The van der Waals surface area contributed by atoms with Crippen LogP contribution in [0.2, 0.25) is 0 Å². The van der Waals surface area contributed by atoms with Crippen LogP contribution in [0.5, 0.6) is 0 Å². The summed E-state index contributed by atoms with van der Waals surface area (Å²) < 4.78 is 0. The summed E-state index contributed by atoms with van der Waals surface area (Å²) in [7, 11) is 0. The molecule has 0 aliphatic heterocycles. The Labute approximate surface area is 86.5 Å². The molecule has 2 rings (SSSR count). The summed E-state index contributed by atoms with van der Waals surface area (Å²) in [4.78, 5) is 0. The number of aliphatic hydroxyl groups is 1. The molecule has 1 nitrogen and oxygen atoms in total. The normalized spacial score (nSPS) is 42.4. The Balaban J connectivity index is 2.37. The zero-order valence-electron chi connectivity index (χ0n) is 9.33. The monoisotopic (exact) mass is 192 g/mol. The van der Waals surface area contributed by atoms with Crippen LogP contribution in [0.1, 0.15) is 27.2 Å². The lowest BCUT2D eigenvalue weighted by Gasteiger charge is -2.43. The number of fused-ring (bicyclic) bond motifs is 2. The van der Waals surface area contributed by atoms with Gasteiger partial charge < -0.3 is 5.11 Å². The molecule has 14 heavy (non-hydrogen) atoms. The molecule has 2 bridgehead atoms. The number of hydrogen-bond donors (Lipinski definition) is 1. The molecule has 2 aliphatic carbocycles. The van der Waals surface area contributed by atoms with Gasteiger partial charge in [0.15, 0.2) is 0 Å². The first kappa shape index (κ1) is 9.97. The molecule has 1 N–H and O–H groups in total. The van der Waals surface area contributed by atoms with E-state index in [0.717, 1.165) is 0 Å². The van der Waals surface area contributed by atoms with Crippen molar-refractivity contribution in [2.75, 3.05) is 0 Å². The van der Waals surface area contributed by atoms with Crippen LogP contribution in [-0.2, 0) is 0 Å². The second-order valence-electron chi connectivity index (χ2n) is 5.62. The van der Waals surface area contributed by atoms with Gasteiger partial charge >= 0.3 is 0 Å². The van der Waals surface area contributed by atoms with Crippen LogP contribution in [0.3, 0.4) is 0 Å². The van der Waals surface area contributed by atoms with Crippen molar-refractivity contribution in [3.8, 4) is 0 Å². The number of hydrogen-bond acceptors (Lipinski definition) is 1. The Morgan fingerprint density at radius 2 is 2.14 bits per heavy atom. The Morgan fingerprint density at radius 1 is 1.50 bits per heavy atom. The summed E-state index contributed by atoms with van der Waals surface area (Å²) in [6, 6.07) is 0. The Hall–Kier alpha value is -0.560. The van der Waals surface area contributed by atoms with Crippen LogP contribution in [0.25, 0.3) is 0 Å². The van der Waals surface area contributed by atoms with Gasteiger partial charge in [-0.2, -0.15) is 0 Å². The molecule has 1 saturated carbocycles. The fourth-order valence-electron chi connectivity index (χ4n) is 3.62. The summed E-state index contributed by atoms with van der Waals surface area (Å²) in [5, 5.41) is 10.3. The summed E-state index contributed by atoms with van der Waals surface area (Å²) in [5.74, 6) is 1.51. The minimum atomic E-state index is -0.728. The molecule has 78 valence electrons. The molecular weight excluding hydrogens is 172 g/mol. The fourth-order valence-corrected chi connectivity index (χ4v) is 3.62. The van der Waals surface area contributed by atoms with Crippen molar-refractivity contribution in [3.05, 3.63) is 24.8 Å². The quantitative estimate of drug-likeness (QED) is 0.667. The summed E-state index contributed by atoms with van der Waals surface area (Å²) in [6.45, 7) is 10.2. The van der Waals surface area contributed by atoms with Crippen LogP contribution in [0.4, 0.5) is 0 Å². The molecule has 0 saturated heterocycles.